The maximum Gasteiger partial charge on any atom is 0.419 e. The summed E-state index contributed by atoms with van der Waals surface area (Å²) in [5.74, 6) is -1.50. The largest absolute Gasteiger partial charge is 0.497 e. The molecule has 9 heteroatoms. The Bertz CT molecular complexity index is 1010. The quantitative estimate of drug-likeness (QED) is 0.681. The molecule has 0 bridgehead atoms. The summed E-state index contributed by atoms with van der Waals surface area (Å²) in [7, 11) is 1.56. The lowest BCUT2D eigenvalue weighted by Gasteiger charge is -2.27. The third-order valence-electron chi connectivity index (χ3n) is 4.97. The highest BCUT2D eigenvalue weighted by Crippen LogP contribution is 2.32. The molecular formula is C22H21F4N3O2. The van der Waals surface area contributed by atoms with Crippen molar-refractivity contribution in [2.24, 2.45) is 10.7 Å². The van der Waals surface area contributed by atoms with Crippen LogP contribution in [0.15, 0.2) is 59.2 Å². The minimum absolute atomic E-state index is 0.207. The van der Waals surface area contributed by atoms with E-state index in [0.29, 0.717) is 47.7 Å². The van der Waals surface area contributed by atoms with Gasteiger partial charge in [-0.1, -0.05) is 0 Å². The summed E-state index contributed by atoms with van der Waals surface area (Å²) in [5, 5.41) is 2.72. The van der Waals surface area contributed by atoms with Gasteiger partial charge in [0.25, 0.3) is 5.91 Å². The van der Waals surface area contributed by atoms with Crippen molar-refractivity contribution in [2.75, 3.05) is 7.11 Å². The van der Waals surface area contributed by atoms with Gasteiger partial charge >= 0.3 is 6.18 Å². The highest BCUT2D eigenvalue weighted by molar-refractivity contribution is 6.04. The fourth-order valence-corrected chi connectivity index (χ4v) is 3.40. The molecule has 31 heavy (non-hydrogen) atoms. The molecule has 0 radical (unpaired) electrons. The number of carbonyl (C=O) groups excluding carboxylic acids is 1. The third-order valence-corrected chi connectivity index (χ3v) is 4.97. The molecule has 1 aliphatic carbocycles. The van der Waals surface area contributed by atoms with Crippen LogP contribution in [-0.4, -0.2) is 24.8 Å². The summed E-state index contributed by atoms with van der Waals surface area (Å²) in [5.41, 5.74) is 6.16. The van der Waals surface area contributed by atoms with E-state index < -0.39 is 29.5 Å². The van der Waals surface area contributed by atoms with Gasteiger partial charge < -0.3 is 15.8 Å². The van der Waals surface area contributed by atoms with Gasteiger partial charge in [0, 0.05) is 23.0 Å². The number of benzene rings is 2. The number of hydrogen-bond donors (Lipinski definition) is 2. The van der Waals surface area contributed by atoms with Crippen molar-refractivity contribution in [3.05, 3.63) is 71.2 Å². The lowest BCUT2D eigenvalue weighted by atomic mass is 9.88. The van der Waals surface area contributed by atoms with Crippen LogP contribution in [0.25, 0.3) is 0 Å². The van der Waals surface area contributed by atoms with Crippen LogP contribution in [0, 0.1) is 5.82 Å². The standard InChI is InChI=1S/C22H21F4N3O2/c1-31-15-8-6-14(7-9-15)28-19-3-2-4-20(16(19)12-27)29-21(30)13-5-10-17(18(23)11-13)22(24,25)26/h5-12,20H,2-4,27H2,1H3,(H,29,30)/b16-12+,28-19?. The fourth-order valence-electron chi connectivity index (χ4n) is 3.40. The first kappa shape index (κ1) is 22.3. The number of aliphatic imine (C=N–C) groups is 1. The summed E-state index contributed by atoms with van der Waals surface area (Å²) in [6.07, 6.45) is -1.53. The molecule has 2 aromatic rings. The van der Waals surface area contributed by atoms with E-state index in [2.05, 4.69) is 10.3 Å². The van der Waals surface area contributed by atoms with Gasteiger partial charge in [-0.15, -0.1) is 0 Å². The van der Waals surface area contributed by atoms with Crippen LogP contribution in [0.3, 0.4) is 0 Å². The molecule has 1 saturated carbocycles. The highest BCUT2D eigenvalue weighted by Gasteiger charge is 2.34. The van der Waals surface area contributed by atoms with E-state index >= 15 is 0 Å². The Morgan fingerprint density at radius 2 is 1.94 bits per heavy atom. The second kappa shape index (κ2) is 9.20. The molecule has 0 spiro atoms. The molecule has 1 amide bonds. The van der Waals surface area contributed by atoms with E-state index in [-0.39, 0.29) is 5.56 Å². The number of nitrogens with two attached hydrogens (primary N) is 1. The average molecular weight is 435 g/mol. The highest BCUT2D eigenvalue weighted by atomic mass is 19.4. The summed E-state index contributed by atoms with van der Waals surface area (Å²) in [4.78, 5) is 17.1. The third kappa shape index (κ3) is 5.22. The Morgan fingerprint density at radius 1 is 1.23 bits per heavy atom. The molecule has 0 aromatic heterocycles. The first-order valence-electron chi connectivity index (χ1n) is 9.54. The molecule has 5 nitrogen and oxygen atoms in total. The van der Waals surface area contributed by atoms with Gasteiger partial charge in [-0.2, -0.15) is 13.2 Å². The summed E-state index contributed by atoms with van der Waals surface area (Å²) in [6.45, 7) is 0. The number of nitrogens with one attached hydrogen (secondary N) is 1. The Balaban J connectivity index is 1.78. The molecule has 3 N–H and O–H groups in total. The minimum Gasteiger partial charge on any atom is -0.497 e. The molecule has 1 fully saturated rings. The van der Waals surface area contributed by atoms with Crippen LogP contribution in [0.4, 0.5) is 23.2 Å². The fraction of sp³-hybridized carbons (Fsp3) is 0.273. The zero-order valence-electron chi connectivity index (χ0n) is 16.7. The number of amides is 1. The molecule has 0 heterocycles. The SMILES string of the molecule is COc1ccc(N=C2CCCC(NC(=O)c3ccc(C(F)(F)F)c(F)c3)/C2=C/N)cc1. The van der Waals surface area contributed by atoms with E-state index in [4.69, 9.17) is 10.5 Å². The number of nitrogens with zero attached hydrogens (tertiary/aromatic N) is 1. The minimum atomic E-state index is -4.83. The molecule has 1 atom stereocenters. The van der Waals surface area contributed by atoms with Crippen molar-refractivity contribution in [3.8, 4) is 5.75 Å². The predicted molar refractivity (Wildman–Crippen MR) is 109 cm³/mol. The average Bonchev–Trinajstić information content (AvgIpc) is 2.73. The monoisotopic (exact) mass is 435 g/mol. The number of halogens is 4. The smallest absolute Gasteiger partial charge is 0.419 e. The molecule has 2 aromatic carbocycles. The number of ether oxygens (including phenoxy) is 1. The molecule has 1 unspecified atom stereocenters. The maximum absolute atomic E-state index is 13.8. The lowest BCUT2D eigenvalue weighted by molar-refractivity contribution is -0.140. The summed E-state index contributed by atoms with van der Waals surface area (Å²) >= 11 is 0. The van der Waals surface area contributed by atoms with Crippen molar-refractivity contribution in [1.29, 1.82) is 0 Å². The Hall–Kier alpha value is -3.36. The van der Waals surface area contributed by atoms with E-state index in [1.165, 1.54) is 6.20 Å². The number of hydrogen-bond acceptors (Lipinski definition) is 4. The number of rotatable bonds is 4. The number of carbonyl (C=O) groups is 1. The second-order valence-corrected chi connectivity index (χ2v) is 6.99. The number of alkyl halides is 3. The number of methoxy groups -OCH3 is 1. The van der Waals surface area contributed by atoms with Crippen LogP contribution >= 0.6 is 0 Å². The second-order valence-electron chi connectivity index (χ2n) is 6.99. The van der Waals surface area contributed by atoms with Crippen molar-refractivity contribution >= 4 is 17.3 Å². The Kier molecular flexibility index (Phi) is 6.62. The molecule has 164 valence electrons. The van der Waals surface area contributed by atoms with Crippen LogP contribution < -0.4 is 15.8 Å². The lowest BCUT2D eigenvalue weighted by Crippen LogP contribution is -2.41. The van der Waals surface area contributed by atoms with Gasteiger partial charge in [-0.3, -0.25) is 9.79 Å². The first-order chi connectivity index (χ1) is 14.7. The van der Waals surface area contributed by atoms with E-state index in [1.54, 1.807) is 31.4 Å². The van der Waals surface area contributed by atoms with Gasteiger partial charge in [0.15, 0.2) is 0 Å². The van der Waals surface area contributed by atoms with Crippen molar-refractivity contribution in [3.63, 3.8) is 0 Å². The van der Waals surface area contributed by atoms with Gasteiger partial charge in [0.1, 0.15) is 11.6 Å². The van der Waals surface area contributed by atoms with Crippen LogP contribution in [0.1, 0.15) is 35.2 Å². The topological polar surface area (TPSA) is 76.7 Å². The summed E-state index contributed by atoms with van der Waals surface area (Å²) in [6, 6.07) is 8.70. The molecule has 0 saturated heterocycles. The molecule has 3 rings (SSSR count). The van der Waals surface area contributed by atoms with Crippen LogP contribution in [-0.2, 0) is 6.18 Å². The van der Waals surface area contributed by atoms with Crippen molar-refractivity contribution in [1.82, 2.24) is 5.32 Å². The van der Waals surface area contributed by atoms with Crippen molar-refractivity contribution in [2.45, 2.75) is 31.5 Å². The van der Waals surface area contributed by atoms with E-state index in [9.17, 15) is 22.4 Å². The van der Waals surface area contributed by atoms with Crippen LogP contribution in [0.5, 0.6) is 5.75 Å². The normalized spacial score (nSPS) is 19.5. The summed E-state index contributed by atoms with van der Waals surface area (Å²) < 4.78 is 57.1. The Morgan fingerprint density at radius 3 is 2.52 bits per heavy atom. The zero-order valence-corrected chi connectivity index (χ0v) is 16.7. The predicted octanol–water partition coefficient (Wildman–Crippen LogP) is 4.75. The van der Waals surface area contributed by atoms with Gasteiger partial charge in [0.2, 0.25) is 0 Å². The Labute approximate surface area is 176 Å². The molecule has 1 aliphatic rings. The van der Waals surface area contributed by atoms with Gasteiger partial charge in [0.05, 0.1) is 24.4 Å². The molecular weight excluding hydrogens is 414 g/mol. The maximum atomic E-state index is 13.8. The van der Waals surface area contributed by atoms with Crippen molar-refractivity contribution < 1.29 is 27.1 Å². The van der Waals surface area contributed by atoms with E-state index in [1.807, 2.05) is 0 Å². The van der Waals surface area contributed by atoms with E-state index in [0.717, 1.165) is 12.5 Å². The zero-order chi connectivity index (χ0) is 22.6. The van der Waals surface area contributed by atoms with Gasteiger partial charge in [-0.25, -0.2) is 4.39 Å². The van der Waals surface area contributed by atoms with Crippen LogP contribution in [0.2, 0.25) is 0 Å². The van der Waals surface area contributed by atoms with Gasteiger partial charge in [-0.05, 0) is 61.7 Å². The first-order valence-corrected chi connectivity index (χ1v) is 9.54. The molecule has 0 aliphatic heterocycles.